The molecular formula is C28H35N5O3. The van der Waals surface area contributed by atoms with E-state index in [2.05, 4.69) is 16.3 Å². The van der Waals surface area contributed by atoms with Gasteiger partial charge in [0, 0.05) is 63.5 Å². The zero-order valence-electron chi connectivity index (χ0n) is 21.2. The maximum Gasteiger partial charge on any atom is 0.321 e. The van der Waals surface area contributed by atoms with Gasteiger partial charge in [-0.2, -0.15) is 5.26 Å². The van der Waals surface area contributed by atoms with E-state index in [0.29, 0.717) is 43.9 Å². The largest absolute Gasteiger partial charge is 0.496 e. The van der Waals surface area contributed by atoms with Crippen molar-refractivity contribution in [2.45, 2.75) is 19.8 Å². The van der Waals surface area contributed by atoms with Crippen LogP contribution in [0.5, 0.6) is 5.75 Å². The van der Waals surface area contributed by atoms with Gasteiger partial charge in [0.1, 0.15) is 5.75 Å². The van der Waals surface area contributed by atoms with Crippen LogP contribution in [0.3, 0.4) is 0 Å². The molecule has 0 unspecified atom stereocenters. The molecule has 8 nitrogen and oxygen atoms in total. The molecule has 1 N–H and O–H groups in total. The van der Waals surface area contributed by atoms with Crippen molar-refractivity contribution in [3.8, 4) is 11.8 Å². The predicted octanol–water partition coefficient (Wildman–Crippen LogP) is 4.06. The Kier molecular flexibility index (Phi) is 10.3. The highest BCUT2D eigenvalue weighted by Crippen LogP contribution is 2.18. The van der Waals surface area contributed by atoms with Crippen LogP contribution in [0.25, 0.3) is 6.08 Å². The number of nitriles is 1. The molecular weight excluding hydrogens is 454 g/mol. The number of ether oxygens (including phenoxy) is 1. The Morgan fingerprint density at radius 3 is 2.64 bits per heavy atom. The van der Waals surface area contributed by atoms with E-state index >= 15 is 0 Å². The van der Waals surface area contributed by atoms with Crippen LogP contribution in [0.4, 0.5) is 10.5 Å². The fourth-order valence-corrected chi connectivity index (χ4v) is 4.11. The number of carbonyl (C=O) groups excluding carboxylic acids is 2. The van der Waals surface area contributed by atoms with Crippen molar-refractivity contribution in [1.82, 2.24) is 14.7 Å². The minimum absolute atomic E-state index is 0.153. The molecule has 1 heterocycles. The number of rotatable bonds is 10. The van der Waals surface area contributed by atoms with E-state index in [9.17, 15) is 9.59 Å². The van der Waals surface area contributed by atoms with Gasteiger partial charge in [0.25, 0.3) is 0 Å². The smallest absolute Gasteiger partial charge is 0.321 e. The number of para-hydroxylation sites is 1. The van der Waals surface area contributed by atoms with E-state index < -0.39 is 0 Å². The quantitative estimate of drug-likeness (QED) is 0.544. The zero-order chi connectivity index (χ0) is 25.8. The van der Waals surface area contributed by atoms with Crippen LogP contribution in [-0.4, -0.2) is 79.6 Å². The Hall–Kier alpha value is -3.83. The lowest BCUT2D eigenvalue weighted by atomic mass is 10.2. The van der Waals surface area contributed by atoms with Crippen LogP contribution in [0.1, 0.15) is 30.9 Å². The average Bonchev–Trinajstić information content (AvgIpc) is 2.91. The van der Waals surface area contributed by atoms with Crippen LogP contribution < -0.4 is 10.1 Å². The third-order valence-corrected chi connectivity index (χ3v) is 6.17. The van der Waals surface area contributed by atoms with Crippen LogP contribution >= 0.6 is 0 Å². The molecule has 3 rings (SSSR count). The highest BCUT2D eigenvalue weighted by Gasteiger charge is 2.22. The summed E-state index contributed by atoms with van der Waals surface area (Å²) in [4.78, 5) is 31.3. The zero-order valence-corrected chi connectivity index (χ0v) is 21.2. The number of urea groups is 1. The molecule has 0 saturated carbocycles. The van der Waals surface area contributed by atoms with Gasteiger partial charge in [0.15, 0.2) is 0 Å². The molecule has 0 radical (unpaired) electrons. The van der Waals surface area contributed by atoms with Crippen molar-refractivity contribution < 1.29 is 14.3 Å². The van der Waals surface area contributed by atoms with Gasteiger partial charge in [-0.05, 0) is 30.7 Å². The number of methoxy groups -OCH3 is 1. The van der Waals surface area contributed by atoms with Crippen LogP contribution in [0.2, 0.25) is 0 Å². The van der Waals surface area contributed by atoms with Crippen LogP contribution in [0.15, 0.2) is 54.6 Å². The second kappa shape index (κ2) is 13.9. The molecule has 1 aliphatic rings. The minimum atomic E-state index is -0.161. The Balaban J connectivity index is 1.49. The molecule has 0 spiro atoms. The number of carbonyl (C=O) groups is 2. The predicted molar refractivity (Wildman–Crippen MR) is 142 cm³/mol. The van der Waals surface area contributed by atoms with Gasteiger partial charge in [-0.25, -0.2) is 4.79 Å². The molecule has 1 fully saturated rings. The summed E-state index contributed by atoms with van der Waals surface area (Å²) in [6, 6.07) is 16.6. The van der Waals surface area contributed by atoms with Gasteiger partial charge in [-0.1, -0.05) is 43.3 Å². The van der Waals surface area contributed by atoms with Crippen LogP contribution in [0, 0.1) is 11.3 Å². The third kappa shape index (κ3) is 7.85. The lowest BCUT2D eigenvalue weighted by molar-refractivity contribution is -0.130. The molecule has 2 aromatic carbocycles. The second-order valence-corrected chi connectivity index (χ2v) is 8.69. The first kappa shape index (κ1) is 26.8. The molecule has 1 saturated heterocycles. The van der Waals surface area contributed by atoms with Crippen LogP contribution in [-0.2, 0) is 4.79 Å². The van der Waals surface area contributed by atoms with Crippen molar-refractivity contribution in [2.75, 3.05) is 58.2 Å². The summed E-state index contributed by atoms with van der Waals surface area (Å²) in [7, 11) is 1.65. The monoisotopic (exact) mass is 489 g/mol. The molecule has 0 aromatic heterocycles. The van der Waals surface area contributed by atoms with E-state index in [-0.39, 0.29) is 11.9 Å². The number of hydrogen-bond acceptors (Lipinski definition) is 5. The molecule has 0 aliphatic carbocycles. The Labute approximate surface area is 213 Å². The summed E-state index contributed by atoms with van der Waals surface area (Å²) in [6.07, 6.45) is 5.35. The SMILES string of the molecule is CCCC(=O)N(C/C=C/c1ccccc1OC)CCN1CCN(C(=O)Nc2cccc(C#N)c2)CC1. The van der Waals surface area contributed by atoms with Gasteiger partial charge >= 0.3 is 6.03 Å². The summed E-state index contributed by atoms with van der Waals surface area (Å²) >= 11 is 0. The average molecular weight is 490 g/mol. The maximum atomic E-state index is 12.7. The lowest BCUT2D eigenvalue weighted by Crippen LogP contribution is -2.51. The maximum absolute atomic E-state index is 12.7. The summed E-state index contributed by atoms with van der Waals surface area (Å²) in [5.41, 5.74) is 2.11. The second-order valence-electron chi connectivity index (χ2n) is 8.69. The third-order valence-electron chi connectivity index (χ3n) is 6.17. The molecule has 8 heteroatoms. The normalized spacial score (nSPS) is 13.9. The Morgan fingerprint density at radius 2 is 1.92 bits per heavy atom. The molecule has 0 atom stereocenters. The van der Waals surface area contributed by atoms with Gasteiger partial charge in [-0.3, -0.25) is 9.69 Å². The molecule has 3 amide bonds. The first-order chi connectivity index (χ1) is 17.5. The molecule has 0 bridgehead atoms. The topological polar surface area (TPSA) is 88.9 Å². The van der Waals surface area contributed by atoms with Gasteiger partial charge < -0.3 is 19.9 Å². The fraction of sp³-hybridized carbons (Fsp3) is 0.393. The van der Waals surface area contributed by atoms with Crippen molar-refractivity contribution in [1.29, 1.82) is 5.26 Å². The lowest BCUT2D eigenvalue weighted by Gasteiger charge is -2.35. The number of nitrogens with one attached hydrogen (secondary N) is 1. The van der Waals surface area contributed by atoms with Gasteiger partial charge in [-0.15, -0.1) is 0 Å². The molecule has 2 aromatic rings. The summed E-state index contributed by atoms with van der Waals surface area (Å²) < 4.78 is 5.40. The van der Waals surface area contributed by atoms with E-state index in [1.54, 1.807) is 36.3 Å². The first-order valence-corrected chi connectivity index (χ1v) is 12.4. The Bertz CT molecular complexity index is 1090. The summed E-state index contributed by atoms with van der Waals surface area (Å²) in [5, 5.41) is 11.9. The standard InChI is InChI=1S/C28H35N5O3/c1-3-8-27(34)32(14-7-11-24-10-4-5-13-26(24)36-2)18-15-31-16-19-33(20-17-31)28(35)30-25-12-6-9-23(21-25)22-29/h4-7,9-13,21H,3,8,14-20H2,1-2H3,(H,30,35)/b11-7+. The van der Waals surface area contributed by atoms with E-state index in [0.717, 1.165) is 37.4 Å². The molecule has 36 heavy (non-hydrogen) atoms. The van der Waals surface area contributed by atoms with E-state index in [1.165, 1.54) is 0 Å². The van der Waals surface area contributed by atoms with Crippen molar-refractivity contribution in [2.24, 2.45) is 0 Å². The highest BCUT2D eigenvalue weighted by molar-refractivity contribution is 5.89. The molecule has 190 valence electrons. The number of hydrogen-bond donors (Lipinski definition) is 1. The van der Waals surface area contributed by atoms with Gasteiger partial charge in [0.05, 0.1) is 18.7 Å². The fourth-order valence-electron chi connectivity index (χ4n) is 4.11. The number of anilines is 1. The highest BCUT2D eigenvalue weighted by atomic mass is 16.5. The van der Waals surface area contributed by atoms with E-state index in [4.69, 9.17) is 10.00 Å². The van der Waals surface area contributed by atoms with Crippen molar-refractivity contribution >= 4 is 23.7 Å². The van der Waals surface area contributed by atoms with E-state index in [1.807, 2.05) is 48.2 Å². The number of benzene rings is 2. The van der Waals surface area contributed by atoms with Crippen molar-refractivity contribution in [3.05, 3.63) is 65.7 Å². The number of amides is 3. The Morgan fingerprint density at radius 1 is 1.14 bits per heavy atom. The summed E-state index contributed by atoms with van der Waals surface area (Å²) in [6.45, 7) is 6.68. The number of nitrogens with zero attached hydrogens (tertiary/aromatic N) is 4. The van der Waals surface area contributed by atoms with Gasteiger partial charge in [0.2, 0.25) is 5.91 Å². The van der Waals surface area contributed by atoms with Crippen molar-refractivity contribution in [3.63, 3.8) is 0 Å². The number of piperazine rings is 1. The summed E-state index contributed by atoms with van der Waals surface area (Å²) in [5.74, 6) is 0.958. The first-order valence-electron chi connectivity index (χ1n) is 12.4. The minimum Gasteiger partial charge on any atom is -0.496 e. The molecule has 1 aliphatic heterocycles.